The summed E-state index contributed by atoms with van der Waals surface area (Å²) in [6, 6.07) is -2.48. The molecule has 0 bridgehead atoms. The first kappa shape index (κ1) is 65.2. The molecule has 8 amide bonds. The number of ether oxygens (including phenoxy) is 9. The number of amides is 8. The minimum Gasteiger partial charge on any atom is -0.465 e. The number of aliphatic hydroxyl groups is 1. The van der Waals surface area contributed by atoms with Gasteiger partial charge in [0.15, 0.2) is 0 Å². The molecule has 28 heteroatoms. The zero-order valence-corrected chi connectivity index (χ0v) is 41.3. The molecule has 0 aliphatic carbocycles. The van der Waals surface area contributed by atoms with Crippen LogP contribution in [0.15, 0.2) is 0 Å². The highest BCUT2D eigenvalue weighted by Gasteiger charge is 2.24. The molecule has 0 unspecified atom stereocenters. The second-order valence-corrected chi connectivity index (χ2v) is 15.7. The van der Waals surface area contributed by atoms with Gasteiger partial charge in [0.05, 0.1) is 66.0 Å². The van der Waals surface area contributed by atoms with Crippen molar-refractivity contribution in [1.29, 1.82) is 0 Å². The Morgan fingerprint density at radius 3 is 1.34 bits per heavy atom. The average Bonchev–Trinajstić information content (AvgIpc) is 3.31. The summed E-state index contributed by atoms with van der Waals surface area (Å²) in [6.07, 6.45) is 2.23. The Balaban J connectivity index is 4.30. The fraction of sp³-hybridized carbons (Fsp3) is 0.786. The Morgan fingerprint density at radius 1 is 0.471 bits per heavy atom. The van der Waals surface area contributed by atoms with Crippen molar-refractivity contribution in [1.82, 2.24) is 37.2 Å². The number of hydrogen-bond acceptors (Lipinski definition) is 20. The van der Waals surface area contributed by atoms with Crippen molar-refractivity contribution in [3.63, 3.8) is 0 Å². The number of primary amides is 1. The van der Waals surface area contributed by atoms with Gasteiger partial charge in [0.2, 0.25) is 47.3 Å². The molecule has 0 radical (unpaired) electrons. The van der Waals surface area contributed by atoms with Crippen molar-refractivity contribution < 1.29 is 90.9 Å². The van der Waals surface area contributed by atoms with E-state index in [9.17, 15) is 48.3 Å². The Labute approximate surface area is 412 Å². The van der Waals surface area contributed by atoms with Crippen LogP contribution in [-0.2, 0) is 85.8 Å². The normalized spacial score (nSPS) is 11.7. The maximum Gasteiger partial charge on any atom is 0.302 e. The molecule has 0 saturated heterocycles. The number of esters is 1. The summed E-state index contributed by atoms with van der Waals surface area (Å²) < 4.78 is 47.5. The van der Waals surface area contributed by atoms with Gasteiger partial charge in [-0.3, -0.25) is 43.2 Å². The van der Waals surface area contributed by atoms with Gasteiger partial charge in [0.1, 0.15) is 45.1 Å². The molecule has 0 saturated carbocycles. The van der Waals surface area contributed by atoms with Crippen molar-refractivity contribution in [3.8, 4) is 0 Å². The van der Waals surface area contributed by atoms with E-state index >= 15 is 0 Å². The molecule has 27 nitrogen and oxygen atoms in total. The summed E-state index contributed by atoms with van der Waals surface area (Å²) in [5.41, 5.74) is 4.92. The van der Waals surface area contributed by atoms with Gasteiger partial charge < -0.3 is 90.7 Å². The van der Waals surface area contributed by atoms with Gasteiger partial charge in [-0.25, -0.2) is 0 Å². The molecule has 0 spiro atoms. The predicted octanol–water partition coefficient (Wildman–Crippen LogP) is -4.98. The van der Waals surface area contributed by atoms with E-state index in [1.165, 1.54) is 25.6 Å². The molecule has 0 aliphatic rings. The van der Waals surface area contributed by atoms with E-state index < -0.39 is 79.9 Å². The minimum atomic E-state index is -1.31. The molecule has 0 aromatic rings. The molecular formula is C42H76N8O19S. The molecule has 70 heavy (non-hydrogen) atoms. The largest absolute Gasteiger partial charge is 0.465 e. The Bertz CT molecular complexity index is 1490. The number of nitrogens with one attached hydrogen (secondary N) is 7. The van der Waals surface area contributed by atoms with Gasteiger partial charge in [0, 0.05) is 78.0 Å². The second-order valence-electron chi connectivity index (χ2n) is 14.6. The number of nitrogens with two attached hydrogens (primary N) is 1. The SMILES string of the molecule is CC(=O)NCCCOCCOCCOCCCNC(=O)COCC(=O)N[C@@H](CSCCOC(C)=O)C(=O)NCC(=O)N[C@H](CO)C(=O)NCCCOCCOCCOCCCNC(=O)COCC(N)=O. The van der Waals surface area contributed by atoms with Crippen molar-refractivity contribution in [2.45, 2.75) is 51.6 Å². The van der Waals surface area contributed by atoms with Crippen LogP contribution in [0.1, 0.15) is 39.5 Å². The van der Waals surface area contributed by atoms with Crippen LogP contribution in [0.2, 0.25) is 0 Å². The molecule has 0 rings (SSSR count). The molecular weight excluding hydrogens is 953 g/mol. The van der Waals surface area contributed by atoms with E-state index in [4.69, 9.17) is 48.4 Å². The monoisotopic (exact) mass is 1030 g/mol. The van der Waals surface area contributed by atoms with Gasteiger partial charge in [-0.1, -0.05) is 0 Å². The van der Waals surface area contributed by atoms with E-state index in [0.29, 0.717) is 130 Å². The van der Waals surface area contributed by atoms with Crippen LogP contribution >= 0.6 is 11.8 Å². The van der Waals surface area contributed by atoms with Crippen molar-refractivity contribution in [2.24, 2.45) is 5.73 Å². The van der Waals surface area contributed by atoms with Crippen LogP contribution in [0, 0.1) is 0 Å². The molecule has 0 aromatic carbocycles. The lowest BCUT2D eigenvalue weighted by molar-refractivity contribution is -0.140. The van der Waals surface area contributed by atoms with Crippen LogP contribution < -0.4 is 43.0 Å². The number of carbonyl (C=O) groups excluding carboxylic acids is 9. The molecule has 404 valence electrons. The summed E-state index contributed by atoms with van der Waals surface area (Å²) in [5.74, 6) is -4.66. The summed E-state index contributed by atoms with van der Waals surface area (Å²) in [7, 11) is 0. The Hall–Kier alpha value is -4.78. The van der Waals surface area contributed by atoms with E-state index in [-0.39, 0.29) is 43.9 Å². The molecule has 2 atom stereocenters. The van der Waals surface area contributed by atoms with Gasteiger partial charge in [-0.15, -0.1) is 0 Å². The summed E-state index contributed by atoms with van der Waals surface area (Å²) in [5, 5.41) is 27.5. The van der Waals surface area contributed by atoms with E-state index in [0.717, 1.165) is 0 Å². The average molecular weight is 1030 g/mol. The summed E-state index contributed by atoms with van der Waals surface area (Å²) in [4.78, 5) is 107. The number of thioether (sulfide) groups is 1. The van der Waals surface area contributed by atoms with Gasteiger partial charge in [0.25, 0.3) is 0 Å². The first-order valence-electron chi connectivity index (χ1n) is 22.9. The predicted molar refractivity (Wildman–Crippen MR) is 250 cm³/mol. The Morgan fingerprint density at radius 2 is 0.886 bits per heavy atom. The highest BCUT2D eigenvalue weighted by molar-refractivity contribution is 7.99. The Kier molecular flexibility index (Phi) is 43.4. The summed E-state index contributed by atoms with van der Waals surface area (Å²) >= 11 is 1.19. The molecule has 10 N–H and O–H groups in total. The van der Waals surface area contributed by atoms with Crippen molar-refractivity contribution >= 4 is 65.0 Å². The third-order valence-electron chi connectivity index (χ3n) is 8.34. The van der Waals surface area contributed by atoms with E-state index in [1.54, 1.807) is 0 Å². The van der Waals surface area contributed by atoms with Crippen LogP contribution in [0.3, 0.4) is 0 Å². The summed E-state index contributed by atoms with van der Waals surface area (Å²) in [6.45, 7) is 5.76. The topological polar surface area (TPSA) is 367 Å². The highest BCUT2D eigenvalue weighted by atomic mass is 32.2. The zero-order chi connectivity index (χ0) is 51.9. The third-order valence-corrected chi connectivity index (χ3v) is 9.36. The minimum absolute atomic E-state index is 0.0188. The molecule has 0 heterocycles. The lowest BCUT2D eigenvalue weighted by Crippen LogP contribution is -2.54. The van der Waals surface area contributed by atoms with Crippen LogP contribution in [0.5, 0.6) is 0 Å². The maximum atomic E-state index is 13.0. The highest BCUT2D eigenvalue weighted by Crippen LogP contribution is 2.04. The maximum absolute atomic E-state index is 13.0. The van der Waals surface area contributed by atoms with Gasteiger partial charge in [-0.05, 0) is 25.7 Å². The number of rotatable bonds is 48. The van der Waals surface area contributed by atoms with E-state index in [1.807, 2.05) is 0 Å². The van der Waals surface area contributed by atoms with Crippen molar-refractivity contribution in [2.75, 3.05) is 163 Å². The van der Waals surface area contributed by atoms with Crippen LogP contribution in [-0.4, -0.2) is 234 Å². The lowest BCUT2D eigenvalue weighted by atomic mass is 10.2. The standard InChI is InChI=1S/C42H76N8O19S/c1-32(52)44-7-3-11-61-15-19-65-20-16-63-13-5-9-46-39(57)29-68-30-40(58)50-35(31-70-24-23-69-33(2)53)42(60)48-25-37(55)49-34(26-51)41(59)47-10-6-14-64-18-22-66-21-17-62-12-4-8-45-38(56)28-67-27-36(43)54/h34-35,51H,3-31H2,1-2H3,(H2,43,54)(H,44,52)(H,45,56)(H,46,57)(H,47,59)(H,48,60)(H,49,55)(H,50,58)/t34-,35+/m1/s1. The smallest absolute Gasteiger partial charge is 0.302 e. The van der Waals surface area contributed by atoms with E-state index in [2.05, 4.69) is 37.2 Å². The van der Waals surface area contributed by atoms with Crippen molar-refractivity contribution in [3.05, 3.63) is 0 Å². The third kappa shape index (κ3) is 44.4. The van der Waals surface area contributed by atoms with Gasteiger partial charge in [-0.2, -0.15) is 11.8 Å². The molecule has 0 aromatic heterocycles. The number of hydrogen-bond donors (Lipinski definition) is 9. The van der Waals surface area contributed by atoms with Crippen LogP contribution in [0.4, 0.5) is 0 Å². The molecule has 0 aliphatic heterocycles. The number of aliphatic hydroxyl groups excluding tert-OH is 1. The quantitative estimate of drug-likeness (QED) is 0.0204. The second kappa shape index (κ2) is 46.6. The van der Waals surface area contributed by atoms with Crippen LogP contribution in [0.25, 0.3) is 0 Å². The fourth-order valence-electron chi connectivity index (χ4n) is 5.01. The fourth-order valence-corrected chi connectivity index (χ4v) is 5.85. The first-order valence-corrected chi connectivity index (χ1v) is 24.0. The lowest BCUT2D eigenvalue weighted by Gasteiger charge is -2.19. The first-order chi connectivity index (χ1) is 33.7. The number of carbonyl (C=O) groups is 9. The van der Waals surface area contributed by atoms with Gasteiger partial charge >= 0.3 is 5.97 Å². The zero-order valence-electron chi connectivity index (χ0n) is 40.4. The molecule has 0 fully saturated rings.